The SMILES string of the molecule is COc1cc(OC)c(C=Cc2cc(CS(=O)O)cc(NCC(=O)O)c2OC)c(OC)c1. The zero-order valence-corrected chi connectivity index (χ0v) is 18.4. The molecule has 2 rings (SSSR count). The van der Waals surface area contributed by atoms with Gasteiger partial charge in [-0.25, -0.2) is 4.21 Å². The number of nitrogens with one attached hydrogen (secondary N) is 1. The standard InChI is InChI=1S/C21H25NO8S/c1-27-15-9-18(28-2)16(19(10-15)29-3)6-5-14-7-13(12-31(25)26)8-17(21(14)30-4)22-11-20(23)24/h5-10,22H,11-12H2,1-4H3,(H,23,24)(H,25,26). The highest BCUT2D eigenvalue weighted by Crippen LogP contribution is 2.37. The summed E-state index contributed by atoms with van der Waals surface area (Å²) in [6.07, 6.45) is 3.47. The molecule has 0 fully saturated rings. The summed E-state index contributed by atoms with van der Waals surface area (Å²) in [5, 5.41) is 11.8. The van der Waals surface area contributed by atoms with E-state index in [4.69, 9.17) is 24.1 Å². The molecule has 0 heterocycles. The normalized spacial score (nSPS) is 11.8. The van der Waals surface area contributed by atoms with Crippen molar-refractivity contribution in [1.29, 1.82) is 0 Å². The fourth-order valence-electron chi connectivity index (χ4n) is 2.96. The van der Waals surface area contributed by atoms with Crippen molar-refractivity contribution in [2.24, 2.45) is 0 Å². The molecule has 1 unspecified atom stereocenters. The number of carboxylic acids is 1. The molecule has 9 nitrogen and oxygen atoms in total. The van der Waals surface area contributed by atoms with Crippen LogP contribution in [0.1, 0.15) is 16.7 Å². The molecule has 0 aliphatic heterocycles. The van der Waals surface area contributed by atoms with Crippen molar-refractivity contribution in [2.75, 3.05) is 40.3 Å². The van der Waals surface area contributed by atoms with E-state index in [0.29, 0.717) is 45.4 Å². The summed E-state index contributed by atoms with van der Waals surface area (Å²) in [6.45, 7) is -0.342. The average Bonchev–Trinajstić information content (AvgIpc) is 2.74. The van der Waals surface area contributed by atoms with Crippen molar-refractivity contribution in [3.8, 4) is 23.0 Å². The van der Waals surface area contributed by atoms with Gasteiger partial charge in [-0.05, 0) is 23.8 Å². The van der Waals surface area contributed by atoms with E-state index in [1.807, 2.05) is 0 Å². The number of carbonyl (C=O) groups is 1. The first-order chi connectivity index (χ1) is 14.8. The molecule has 2 aromatic carbocycles. The second-order valence-electron chi connectivity index (χ2n) is 6.26. The van der Waals surface area contributed by atoms with Gasteiger partial charge in [-0.1, -0.05) is 6.08 Å². The Balaban J connectivity index is 2.59. The molecule has 1 atom stereocenters. The van der Waals surface area contributed by atoms with Crippen LogP contribution in [0.15, 0.2) is 24.3 Å². The smallest absolute Gasteiger partial charge is 0.322 e. The van der Waals surface area contributed by atoms with E-state index < -0.39 is 17.0 Å². The third-order valence-corrected chi connectivity index (χ3v) is 4.86. The minimum Gasteiger partial charge on any atom is -0.496 e. The molecular weight excluding hydrogens is 426 g/mol. The first-order valence-electron chi connectivity index (χ1n) is 9.05. The highest BCUT2D eigenvalue weighted by molar-refractivity contribution is 7.78. The number of aliphatic carboxylic acids is 1. The number of hydrogen-bond donors (Lipinski definition) is 3. The van der Waals surface area contributed by atoms with Crippen LogP contribution in [0.2, 0.25) is 0 Å². The van der Waals surface area contributed by atoms with Crippen LogP contribution in [-0.2, 0) is 21.6 Å². The number of rotatable bonds is 11. The van der Waals surface area contributed by atoms with Crippen LogP contribution in [0, 0.1) is 0 Å². The van der Waals surface area contributed by atoms with Gasteiger partial charge < -0.3 is 33.9 Å². The van der Waals surface area contributed by atoms with Crippen LogP contribution in [0.5, 0.6) is 23.0 Å². The van der Waals surface area contributed by atoms with E-state index in [2.05, 4.69) is 5.32 Å². The lowest BCUT2D eigenvalue weighted by Gasteiger charge is -2.15. The van der Waals surface area contributed by atoms with Crippen molar-refractivity contribution < 1.29 is 37.6 Å². The summed E-state index contributed by atoms with van der Waals surface area (Å²) in [6, 6.07) is 6.70. The summed E-state index contributed by atoms with van der Waals surface area (Å²) < 4.78 is 42.2. The third kappa shape index (κ3) is 6.37. The Bertz CT molecular complexity index is 965. The van der Waals surface area contributed by atoms with Crippen molar-refractivity contribution in [1.82, 2.24) is 0 Å². The van der Waals surface area contributed by atoms with Crippen LogP contribution < -0.4 is 24.3 Å². The maximum atomic E-state index is 11.3. The molecule has 0 saturated heterocycles. The largest absolute Gasteiger partial charge is 0.496 e. The maximum absolute atomic E-state index is 11.3. The first-order valence-corrected chi connectivity index (χ1v) is 10.3. The van der Waals surface area contributed by atoms with Crippen molar-refractivity contribution in [2.45, 2.75) is 5.75 Å². The summed E-state index contributed by atoms with van der Waals surface area (Å²) in [5.74, 6) is 0.809. The Morgan fingerprint density at radius 1 is 1.00 bits per heavy atom. The van der Waals surface area contributed by atoms with Crippen LogP contribution in [0.3, 0.4) is 0 Å². The number of hydrogen-bond acceptors (Lipinski definition) is 7. The Hall–Kier alpha value is -3.24. The van der Waals surface area contributed by atoms with E-state index >= 15 is 0 Å². The highest BCUT2D eigenvalue weighted by atomic mass is 32.2. The van der Waals surface area contributed by atoms with Gasteiger partial charge in [-0.2, -0.15) is 0 Å². The number of anilines is 1. The lowest BCUT2D eigenvalue weighted by molar-refractivity contribution is -0.134. The molecule has 0 aliphatic rings. The molecular formula is C21H25NO8S. The third-order valence-electron chi connectivity index (χ3n) is 4.28. The van der Waals surface area contributed by atoms with Gasteiger partial charge >= 0.3 is 5.97 Å². The highest BCUT2D eigenvalue weighted by Gasteiger charge is 2.14. The molecule has 10 heteroatoms. The van der Waals surface area contributed by atoms with E-state index in [1.165, 1.54) is 28.4 Å². The first kappa shape index (κ1) is 24.0. The van der Waals surface area contributed by atoms with Crippen LogP contribution >= 0.6 is 0 Å². The molecule has 2 aromatic rings. The molecule has 0 saturated carbocycles. The molecule has 0 bridgehead atoms. The molecule has 3 N–H and O–H groups in total. The van der Waals surface area contributed by atoms with Crippen molar-refractivity contribution in [3.05, 3.63) is 41.0 Å². The fraction of sp³-hybridized carbons (Fsp3) is 0.286. The van der Waals surface area contributed by atoms with Gasteiger partial charge in [0.2, 0.25) is 0 Å². The Kier molecular flexibility index (Phi) is 8.71. The maximum Gasteiger partial charge on any atom is 0.322 e. The van der Waals surface area contributed by atoms with Gasteiger partial charge in [0, 0.05) is 17.7 Å². The molecule has 168 valence electrons. The van der Waals surface area contributed by atoms with E-state index in [0.717, 1.165) is 0 Å². The topological polar surface area (TPSA) is 124 Å². The van der Waals surface area contributed by atoms with Gasteiger partial charge in [0.25, 0.3) is 0 Å². The summed E-state index contributed by atoms with van der Waals surface area (Å²) in [7, 11) is 6.04. The van der Waals surface area contributed by atoms with Gasteiger partial charge in [0.15, 0.2) is 11.1 Å². The van der Waals surface area contributed by atoms with Gasteiger partial charge in [-0.15, -0.1) is 0 Å². The minimum atomic E-state index is -2.07. The molecule has 0 spiro atoms. The number of carboxylic acid groups (broad SMARTS) is 1. The summed E-state index contributed by atoms with van der Waals surface area (Å²) in [4.78, 5) is 11.0. The second kappa shape index (κ2) is 11.2. The summed E-state index contributed by atoms with van der Waals surface area (Å²) >= 11 is -2.07. The minimum absolute atomic E-state index is 0.123. The van der Waals surface area contributed by atoms with Crippen LogP contribution in [-0.4, -0.2) is 54.8 Å². The van der Waals surface area contributed by atoms with Gasteiger partial charge in [0.05, 0.1) is 45.4 Å². The second-order valence-corrected chi connectivity index (χ2v) is 7.19. The Morgan fingerprint density at radius 3 is 2.13 bits per heavy atom. The molecule has 0 amide bonds. The Labute approximate surface area is 182 Å². The summed E-state index contributed by atoms with van der Waals surface area (Å²) in [5.41, 5.74) is 2.13. The van der Waals surface area contributed by atoms with E-state index in [1.54, 1.807) is 36.4 Å². The van der Waals surface area contributed by atoms with Crippen LogP contribution in [0.4, 0.5) is 5.69 Å². The molecule has 31 heavy (non-hydrogen) atoms. The van der Waals surface area contributed by atoms with Crippen molar-refractivity contribution in [3.63, 3.8) is 0 Å². The zero-order chi connectivity index (χ0) is 23.0. The van der Waals surface area contributed by atoms with Gasteiger partial charge in [0.1, 0.15) is 29.5 Å². The molecule has 0 aliphatic carbocycles. The van der Waals surface area contributed by atoms with Crippen molar-refractivity contribution >= 4 is 34.9 Å². The fourth-order valence-corrected chi connectivity index (χ4v) is 3.41. The zero-order valence-electron chi connectivity index (χ0n) is 17.6. The molecule has 0 radical (unpaired) electrons. The van der Waals surface area contributed by atoms with E-state index in [9.17, 15) is 13.6 Å². The average molecular weight is 451 g/mol. The lowest BCUT2D eigenvalue weighted by atomic mass is 10.1. The van der Waals surface area contributed by atoms with Crippen LogP contribution in [0.25, 0.3) is 12.2 Å². The number of methoxy groups -OCH3 is 4. The van der Waals surface area contributed by atoms with E-state index in [-0.39, 0.29) is 12.3 Å². The number of benzene rings is 2. The Morgan fingerprint density at radius 2 is 1.65 bits per heavy atom. The predicted molar refractivity (Wildman–Crippen MR) is 119 cm³/mol. The number of ether oxygens (including phenoxy) is 4. The van der Waals surface area contributed by atoms with Gasteiger partial charge in [-0.3, -0.25) is 4.79 Å². The molecule has 0 aromatic heterocycles. The quantitative estimate of drug-likeness (QED) is 0.349. The lowest BCUT2D eigenvalue weighted by Crippen LogP contribution is -2.13. The predicted octanol–water partition coefficient (Wildman–Crippen LogP) is 3.11. The monoisotopic (exact) mass is 451 g/mol.